The zero-order valence-electron chi connectivity index (χ0n) is 7.82. The fourth-order valence-electron chi connectivity index (χ4n) is 1.64. The smallest absolute Gasteiger partial charge is 0.216 e. The van der Waals surface area contributed by atoms with Gasteiger partial charge < -0.3 is 0 Å². The van der Waals surface area contributed by atoms with Crippen LogP contribution in [-0.2, 0) is 0 Å². The highest BCUT2D eigenvalue weighted by Crippen LogP contribution is 2.23. The summed E-state index contributed by atoms with van der Waals surface area (Å²) >= 11 is 3.86. The highest BCUT2D eigenvalue weighted by atomic mass is 32.1. The van der Waals surface area contributed by atoms with Crippen molar-refractivity contribution < 1.29 is 4.79 Å². The van der Waals surface area contributed by atoms with Gasteiger partial charge in [-0.15, -0.1) is 12.6 Å². The quantitative estimate of drug-likeness (QED) is 0.703. The molecule has 0 amide bonds. The number of fused-ring (bicyclic) bond motifs is 1. The number of benzene rings is 2. The first kappa shape index (κ1) is 9.28. The SMILES string of the molecule is Cc1ccc(C(=O)S)c2ccccc12. The minimum absolute atomic E-state index is 0.179. The minimum Gasteiger partial charge on any atom is -0.282 e. The van der Waals surface area contributed by atoms with E-state index in [1.165, 1.54) is 5.56 Å². The van der Waals surface area contributed by atoms with Gasteiger partial charge in [-0.1, -0.05) is 30.3 Å². The number of hydrogen-bond donors (Lipinski definition) is 1. The van der Waals surface area contributed by atoms with Gasteiger partial charge in [-0.05, 0) is 29.3 Å². The summed E-state index contributed by atoms with van der Waals surface area (Å²) in [6.07, 6.45) is 0. The Kier molecular flexibility index (Phi) is 2.30. The van der Waals surface area contributed by atoms with E-state index in [1.807, 2.05) is 43.3 Å². The minimum atomic E-state index is -0.179. The van der Waals surface area contributed by atoms with Crippen LogP contribution in [0.15, 0.2) is 36.4 Å². The van der Waals surface area contributed by atoms with Crippen LogP contribution in [0.3, 0.4) is 0 Å². The van der Waals surface area contributed by atoms with Crippen LogP contribution >= 0.6 is 12.6 Å². The van der Waals surface area contributed by atoms with Crippen molar-refractivity contribution in [1.82, 2.24) is 0 Å². The lowest BCUT2D eigenvalue weighted by atomic mass is 10.0. The first-order valence-electron chi connectivity index (χ1n) is 4.42. The number of thiol groups is 1. The summed E-state index contributed by atoms with van der Waals surface area (Å²) in [5, 5.41) is 1.92. The Labute approximate surface area is 88.2 Å². The molecule has 0 N–H and O–H groups in total. The summed E-state index contributed by atoms with van der Waals surface area (Å²) in [7, 11) is 0. The van der Waals surface area contributed by atoms with Crippen molar-refractivity contribution in [2.24, 2.45) is 0 Å². The summed E-state index contributed by atoms with van der Waals surface area (Å²) < 4.78 is 0. The molecule has 0 radical (unpaired) electrons. The molecule has 1 nitrogen and oxygen atoms in total. The number of carbonyl (C=O) groups is 1. The molecule has 0 heterocycles. The monoisotopic (exact) mass is 202 g/mol. The van der Waals surface area contributed by atoms with Crippen molar-refractivity contribution in [2.45, 2.75) is 6.92 Å². The molecule has 0 spiro atoms. The zero-order valence-corrected chi connectivity index (χ0v) is 8.71. The molecule has 2 aromatic rings. The second-order valence-corrected chi connectivity index (χ2v) is 3.69. The van der Waals surface area contributed by atoms with Crippen LogP contribution in [0.5, 0.6) is 0 Å². The van der Waals surface area contributed by atoms with Gasteiger partial charge in [-0.3, -0.25) is 4.79 Å². The zero-order chi connectivity index (χ0) is 10.1. The van der Waals surface area contributed by atoms with Gasteiger partial charge in [0.1, 0.15) is 0 Å². The molecule has 0 atom stereocenters. The standard InChI is InChI=1S/C12H10OS/c1-8-6-7-11(12(13)14)10-5-3-2-4-9(8)10/h2-7H,1H3,(H,13,14). The molecule has 0 bridgehead atoms. The van der Waals surface area contributed by atoms with Crippen molar-refractivity contribution in [3.63, 3.8) is 0 Å². The molecule has 0 aromatic heterocycles. The molecule has 0 aliphatic carbocycles. The second kappa shape index (κ2) is 3.46. The molecule has 2 heteroatoms. The fraction of sp³-hybridized carbons (Fsp3) is 0.0833. The van der Waals surface area contributed by atoms with E-state index < -0.39 is 0 Å². The van der Waals surface area contributed by atoms with Gasteiger partial charge in [0.15, 0.2) is 0 Å². The molecule has 0 unspecified atom stereocenters. The summed E-state index contributed by atoms with van der Waals surface area (Å²) in [5.41, 5.74) is 1.86. The third-order valence-corrected chi connectivity index (χ3v) is 2.61. The molecule has 0 aliphatic heterocycles. The first-order chi connectivity index (χ1) is 6.70. The maximum atomic E-state index is 11.2. The number of rotatable bonds is 1. The van der Waals surface area contributed by atoms with Gasteiger partial charge in [0, 0.05) is 5.56 Å². The van der Waals surface area contributed by atoms with E-state index in [2.05, 4.69) is 12.6 Å². The van der Waals surface area contributed by atoms with E-state index >= 15 is 0 Å². The van der Waals surface area contributed by atoms with Crippen LogP contribution in [0.1, 0.15) is 15.9 Å². The molecule has 0 saturated carbocycles. The Morgan fingerprint density at radius 2 is 1.71 bits per heavy atom. The van der Waals surface area contributed by atoms with Crippen LogP contribution in [-0.4, -0.2) is 5.12 Å². The molecular weight excluding hydrogens is 192 g/mol. The lowest BCUT2D eigenvalue weighted by Gasteiger charge is -2.05. The van der Waals surface area contributed by atoms with Crippen molar-refractivity contribution in [1.29, 1.82) is 0 Å². The van der Waals surface area contributed by atoms with E-state index in [4.69, 9.17) is 0 Å². The van der Waals surface area contributed by atoms with Crippen molar-refractivity contribution in [3.8, 4) is 0 Å². The van der Waals surface area contributed by atoms with Gasteiger partial charge >= 0.3 is 0 Å². The van der Waals surface area contributed by atoms with Crippen LogP contribution in [0.2, 0.25) is 0 Å². The topological polar surface area (TPSA) is 17.1 Å². The van der Waals surface area contributed by atoms with Crippen LogP contribution in [0.4, 0.5) is 0 Å². The maximum Gasteiger partial charge on any atom is 0.216 e. The van der Waals surface area contributed by atoms with Crippen molar-refractivity contribution >= 4 is 28.5 Å². The van der Waals surface area contributed by atoms with Crippen LogP contribution in [0.25, 0.3) is 10.8 Å². The average Bonchev–Trinajstić information content (AvgIpc) is 2.18. The summed E-state index contributed by atoms with van der Waals surface area (Å²) in [5.74, 6) is 0. The molecule has 14 heavy (non-hydrogen) atoms. The summed E-state index contributed by atoms with van der Waals surface area (Å²) in [4.78, 5) is 11.2. The van der Waals surface area contributed by atoms with Crippen LogP contribution < -0.4 is 0 Å². The highest BCUT2D eigenvalue weighted by molar-refractivity contribution is 7.97. The van der Waals surface area contributed by atoms with Crippen molar-refractivity contribution in [3.05, 3.63) is 47.5 Å². The second-order valence-electron chi connectivity index (χ2n) is 3.28. The highest BCUT2D eigenvalue weighted by Gasteiger charge is 2.06. The molecule has 70 valence electrons. The predicted molar refractivity (Wildman–Crippen MR) is 62.0 cm³/mol. The maximum absolute atomic E-state index is 11.2. The molecule has 0 saturated heterocycles. The van der Waals surface area contributed by atoms with E-state index in [0.717, 1.165) is 10.8 Å². The van der Waals surface area contributed by atoms with Crippen LogP contribution in [0, 0.1) is 6.92 Å². The Morgan fingerprint density at radius 1 is 1.07 bits per heavy atom. The number of aryl methyl sites for hydroxylation is 1. The normalized spacial score (nSPS) is 10.4. The fourth-order valence-corrected chi connectivity index (χ4v) is 1.83. The third-order valence-electron chi connectivity index (χ3n) is 2.37. The number of carbonyl (C=O) groups excluding carboxylic acids is 1. The Hall–Kier alpha value is -1.28. The lowest BCUT2D eigenvalue weighted by Crippen LogP contribution is -1.91. The average molecular weight is 202 g/mol. The van der Waals surface area contributed by atoms with E-state index in [9.17, 15) is 4.79 Å². The Balaban J connectivity index is 2.88. The van der Waals surface area contributed by atoms with Gasteiger partial charge in [-0.2, -0.15) is 0 Å². The number of hydrogen-bond acceptors (Lipinski definition) is 1. The largest absolute Gasteiger partial charge is 0.282 e. The van der Waals surface area contributed by atoms with Gasteiger partial charge in [0.25, 0.3) is 0 Å². The molecule has 0 fully saturated rings. The molecular formula is C12H10OS. The van der Waals surface area contributed by atoms with E-state index in [-0.39, 0.29) is 5.12 Å². The van der Waals surface area contributed by atoms with Gasteiger partial charge in [0.05, 0.1) is 0 Å². The summed E-state index contributed by atoms with van der Waals surface area (Å²) in [6, 6.07) is 11.7. The first-order valence-corrected chi connectivity index (χ1v) is 4.86. The van der Waals surface area contributed by atoms with E-state index in [1.54, 1.807) is 0 Å². The van der Waals surface area contributed by atoms with E-state index in [0.29, 0.717) is 5.56 Å². The molecule has 0 aliphatic rings. The Bertz CT molecular complexity index is 503. The predicted octanol–water partition coefficient (Wildman–Crippen LogP) is 3.22. The Morgan fingerprint density at radius 3 is 2.36 bits per heavy atom. The third kappa shape index (κ3) is 1.42. The van der Waals surface area contributed by atoms with Crippen molar-refractivity contribution in [2.75, 3.05) is 0 Å². The summed E-state index contributed by atoms with van der Waals surface area (Å²) in [6.45, 7) is 2.04. The molecule has 2 aromatic carbocycles. The van der Waals surface area contributed by atoms with Gasteiger partial charge in [-0.25, -0.2) is 0 Å². The van der Waals surface area contributed by atoms with Gasteiger partial charge in [0.2, 0.25) is 5.12 Å². The lowest BCUT2D eigenvalue weighted by molar-refractivity contribution is 0.109. The molecule has 2 rings (SSSR count).